The molecule has 1 heterocycles. The maximum Gasteiger partial charge on any atom is 0.242 e. The van der Waals surface area contributed by atoms with Gasteiger partial charge in [0.15, 0.2) is 5.82 Å². The normalized spacial score (nSPS) is 11.9. The van der Waals surface area contributed by atoms with E-state index in [1.165, 1.54) is 6.33 Å². The first-order valence-corrected chi connectivity index (χ1v) is 6.41. The molecule has 0 fully saturated rings. The van der Waals surface area contributed by atoms with Gasteiger partial charge in [0.25, 0.3) is 0 Å². The topological polar surface area (TPSA) is 93.3 Å². The van der Waals surface area contributed by atoms with Crippen LogP contribution < -0.4 is 15.8 Å². The van der Waals surface area contributed by atoms with Crippen LogP contribution >= 0.6 is 0 Å². The highest BCUT2D eigenvalue weighted by molar-refractivity contribution is 5.67. The van der Waals surface area contributed by atoms with Crippen molar-refractivity contribution in [2.75, 3.05) is 24.3 Å². The summed E-state index contributed by atoms with van der Waals surface area (Å²) in [5.41, 5.74) is 7.24. The first-order valence-electron chi connectivity index (χ1n) is 6.41. The van der Waals surface area contributed by atoms with Crippen LogP contribution in [0.4, 0.5) is 11.5 Å². The van der Waals surface area contributed by atoms with Gasteiger partial charge in [-0.2, -0.15) is 4.98 Å². The molecule has 6 heteroatoms. The van der Waals surface area contributed by atoms with Crippen LogP contribution in [0.5, 0.6) is 5.88 Å². The second kappa shape index (κ2) is 6.72. The highest BCUT2D eigenvalue weighted by atomic mass is 16.5. The summed E-state index contributed by atoms with van der Waals surface area (Å²) in [5, 5.41) is 12.6. The third-order valence-corrected chi connectivity index (χ3v) is 2.82. The summed E-state index contributed by atoms with van der Waals surface area (Å²) in [5.74, 6) is 0.793. The first kappa shape index (κ1) is 14.1. The minimum Gasteiger partial charge on any atom is -0.476 e. The molecule has 1 atom stereocenters. The largest absolute Gasteiger partial charge is 0.476 e. The SMILES string of the molecule is CCOc1ncnc(NC(CO)c2ccccc2)c1N. The summed E-state index contributed by atoms with van der Waals surface area (Å²) in [4.78, 5) is 8.07. The predicted octanol–water partition coefficient (Wildman–Crippen LogP) is 1.60. The fraction of sp³-hybridized carbons (Fsp3) is 0.286. The number of hydrogen-bond donors (Lipinski definition) is 3. The average molecular weight is 274 g/mol. The number of nitrogens with zero attached hydrogens (tertiary/aromatic N) is 2. The van der Waals surface area contributed by atoms with Crippen molar-refractivity contribution in [3.05, 3.63) is 42.2 Å². The minimum absolute atomic E-state index is 0.0720. The number of rotatable bonds is 6. The summed E-state index contributed by atoms with van der Waals surface area (Å²) in [6, 6.07) is 9.31. The van der Waals surface area contributed by atoms with E-state index in [0.717, 1.165) is 5.56 Å². The van der Waals surface area contributed by atoms with Crippen LogP contribution in [0.25, 0.3) is 0 Å². The Labute approximate surface area is 117 Å². The highest BCUT2D eigenvalue weighted by Crippen LogP contribution is 2.27. The summed E-state index contributed by atoms with van der Waals surface area (Å²) >= 11 is 0. The van der Waals surface area contributed by atoms with E-state index < -0.39 is 0 Å². The Morgan fingerprint density at radius 3 is 2.70 bits per heavy atom. The molecule has 1 unspecified atom stereocenters. The van der Waals surface area contributed by atoms with E-state index in [2.05, 4.69) is 15.3 Å². The van der Waals surface area contributed by atoms with E-state index in [9.17, 15) is 5.11 Å². The molecule has 6 nitrogen and oxygen atoms in total. The van der Waals surface area contributed by atoms with E-state index >= 15 is 0 Å². The van der Waals surface area contributed by atoms with E-state index in [1.54, 1.807) is 0 Å². The Balaban J connectivity index is 2.22. The molecule has 0 saturated heterocycles. The van der Waals surface area contributed by atoms with Crippen molar-refractivity contribution in [1.82, 2.24) is 9.97 Å². The lowest BCUT2D eigenvalue weighted by atomic mass is 10.1. The van der Waals surface area contributed by atoms with Crippen molar-refractivity contribution in [2.45, 2.75) is 13.0 Å². The molecule has 0 aliphatic carbocycles. The molecule has 1 aromatic heterocycles. The molecular formula is C14H18N4O2. The van der Waals surface area contributed by atoms with Crippen LogP contribution in [0, 0.1) is 0 Å². The fourth-order valence-corrected chi connectivity index (χ4v) is 1.83. The van der Waals surface area contributed by atoms with Crippen molar-refractivity contribution < 1.29 is 9.84 Å². The summed E-state index contributed by atoms with van der Waals surface area (Å²) in [7, 11) is 0. The third-order valence-electron chi connectivity index (χ3n) is 2.82. The second-order valence-corrected chi connectivity index (χ2v) is 4.16. The number of nitrogen functional groups attached to an aromatic ring is 1. The minimum atomic E-state index is -0.289. The Kier molecular flexibility index (Phi) is 4.73. The van der Waals surface area contributed by atoms with Gasteiger partial charge in [0, 0.05) is 0 Å². The number of aliphatic hydroxyl groups is 1. The molecule has 0 aliphatic heterocycles. The van der Waals surface area contributed by atoms with Crippen LogP contribution in [0.3, 0.4) is 0 Å². The molecule has 4 N–H and O–H groups in total. The van der Waals surface area contributed by atoms with E-state index in [1.807, 2.05) is 37.3 Å². The number of nitrogens with one attached hydrogen (secondary N) is 1. The zero-order valence-electron chi connectivity index (χ0n) is 11.3. The molecule has 106 valence electrons. The Morgan fingerprint density at radius 1 is 1.30 bits per heavy atom. The molecule has 2 aromatic rings. The molecule has 0 saturated carbocycles. The lowest BCUT2D eigenvalue weighted by molar-refractivity contribution is 0.276. The van der Waals surface area contributed by atoms with Crippen molar-refractivity contribution in [1.29, 1.82) is 0 Å². The summed E-state index contributed by atoms with van der Waals surface area (Å²) < 4.78 is 5.32. The quantitative estimate of drug-likeness (QED) is 0.741. The van der Waals surface area contributed by atoms with E-state index in [-0.39, 0.29) is 12.6 Å². The number of hydrogen-bond acceptors (Lipinski definition) is 6. The fourth-order valence-electron chi connectivity index (χ4n) is 1.83. The van der Waals surface area contributed by atoms with Gasteiger partial charge in [-0.1, -0.05) is 30.3 Å². The highest BCUT2D eigenvalue weighted by Gasteiger charge is 2.15. The Bertz CT molecular complexity index is 548. The standard InChI is InChI=1S/C14H18N4O2/c1-2-20-14-12(15)13(16-9-17-14)18-11(8-19)10-6-4-3-5-7-10/h3-7,9,11,19H,2,8,15H2,1H3,(H,16,17,18). The van der Waals surface area contributed by atoms with Gasteiger partial charge in [-0.25, -0.2) is 4.98 Å². The van der Waals surface area contributed by atoms with Crippen molar-refractivity contribution >= 4 is 11.5 Å². The number of benzene rings is 1. The van der Waals surface area contributed by atoms with Crippen molar-refractivity contribution in [2.24, 2.45) is 0 Å². The molecular weight excluding hydrogens is 256 g/mol. The lowest BCUT2D eigenvalue weighted by Crippen LogP contribution is -2.17. The Hall–Kier alpha value is -2.34. The van der Waals surface area contributed by atoms with Crippen LogP contribution in [0.2, 0.25) is 0 Å². The molecule has 0 bridgehead atoms. The molecule has 1 aromatic carbocycles. The number of anilines is 2. The van der Waals surface area contributed by atoms with Crippen LogP contribution in [0.1, 0.15) is 18.5 Å². The smallest absolute Gasteiger partial charge is 0.242 e. The van der Waals surface area contributed by atoms with Gasteiger partial charge in [-0.05, 0) is 12.5 Å². The van der Waals surface area contributed by atoms with Gasteiger partial charge in [0.2, 0.25) is 5.88 Å². The van der Waals surface area contributed by atoms with Gasteiger partial charge >= 0.3 is 0 Å². The van der Waals surface area contributed by atoms with Gasteiger partial charge in [-0.15, -0.1) is 0 Å². The third kappa shape index (κ3) is 3.16. The molecule has 0 amide bonds. The Morgan fingerprint density at radius 2 is 2.05 bits per heavy atom. The van der Waals surface area contributed by atoms with Gasteiger partial charge in [0.05, 0.1) is 19.3 Å². The first-order chi connectivity index (χ1) is 9.76. The molecule has 0 radical (unpaired) electrons. The second-order valence-electron chi connectivity index (χ2n) is 4.16. The summed E-state index contributed by atoms with van der Waals surface area (Å²) in [6.07, 6.45) is 1.38. The number of aliphatic hydroxyl groups excluding tert-OH is 1. The molecule has 0 aliphatic rings. The number of aromatic nitrogens is 2. The van der Waals surface area contributed by atoms with Crippen molar-refractivity contribution in [3.63, 3.8) is 0 Å². The van der Waals surface area contributed by atoms with Crippen LogP contribution in [-0.2, 0) is 0 Å². The van der Waals surface area contributed by atoms with Crippen LogP contribution in [-0.4, -0.2) is 28.3 Å². The maximum absolute atomic E-state index is 9.53. The molecule has 0 spiro atoms. The maximum atomic E-state index is 9.53. The summed E-state index contributed by atoms with van der Waals surface area (Å²) in [6.45, 7) is 2.26. The lowest BCUT2D eigenvalue weighted by Gasteiger charge is -2.19. The van der Waals surface area contributed by atoms with E-state index in [0.29, 0.717) is 24.0 Å². The number of nitrogens with two attached hydrogens (primary N) is 1. The average Bonchev–Trinajstić information content (AvgIpc) is 2.49. The monoisotopic (exact) mass is 274 g/mol. The number of ether oxygens (including phenoxy) is 1. The van der Waals surface area contributed by atoms with Gasteiger partial charge in [-0.3, -0.25) is 0 Å². The van der Waals surface area contributed by atoms with Crippen molar-refractivity contribution in [3.8, 4) is 5.88 Å². The van der Waals surface area contributed by atoms with Gasteiger partial charge < -0.3 is 20.9 Å². The zero-order valence-corrected chi connectivity index (χ0v) is 11.3. The van der Waals surface area contributed by atoms with Gasteiger partial charge in [0.1, 0.15) is 12.0 Å². The van der Waals surface area contributed by atoms with Crippen LogP contribution in [0.15, 0.2) is 36.7 Å². The molecule has 2 rings (SSSR count). The predicted molar refractivity (Wildman–Crippen MR) is 77.5 cm³/mol. The molecule has 20 heavy (non-hydrogen) atoms. The zero-order chi connectivity index (χ0) is 14.4. The van der Waals surface area contributed by atoms with E-state index in [4.69, 9.17) is 10.5 Å².